The molecule has 1 aromatic rings. The third-order valence-electron chi connectivity index (χ3n) is 1.36. The molecule has 74 valence electrons. The van der Waals surface area contributed by atoms with Crippen LogP contribution in [-0.4, -0.2) is 22.3 Å². The number of ketones is 2. The Morgan fingerprint density at radius 2 is 2.07 bits per heavy atom. The second-order valence-electron chi connectivity index (χ2n) is 2.52. The van der Waals surface area contributed by atoms with Crippen LogP contribution in [0.3, 0.4) is 0 Å². The standard InChI is InChI=1S/C8H9N3O2S/c1-5(12)7(6(2)13)10-11-8-9-3-4-14-8/h3-4H,1-2H3,(H,9,11). The van der Waals surface area contributed by atoms with Crippen molar-refractivity contribution in [2.75, 3.05) is 5.43 Å². The molecule has 0 saturated carbocycles. The summed E-state index contributed by atoms with van der Waals surface area (Å²) in [6.07, 6.45) is 1.60. The van der Waals surface area contributed by atoms with E-state index in [0.717, 1.165) is 0 Å². The Morgan fingerprint density at radius 3 is 2.50 bits per heavy atom. The molecule has 0 unspecified atom stereocenters. The average molecular weight is 211 g/mol. The molecule has 1 rings (SSSR count). The van der Waals surface area contributed by atoms with Gasteiger partial charge in [-0.25, -0.2) is 4.98 Å². The van der Waals surface area contributed by atoms with E-state index in [1.165, 1.54) is 25.2 Å². The fourth-order valence-electron chi connectivity index (χ4n) is 0.788. The van der Waals surface area contributed by atoms with Crippen molar-refractivity contribution in [2.24, 2.45) is 5.10 Å². The summed E-state index contributed by atoms with van der Waals surface area (Å²) < 4.78 is 0. The van der Waals surface area contributed by atoms with Crippen LogP contribution in [0.2, 0.25) is 0 Å². The van der Waals surface area contributed by atoms with Gasteiger partial charge in [0.15, 0.2) is 17.3 Å². The number of Topliss-reactive ketones (excluding diaryl/α,β-unsaturated/α-hetero) is 2. The molecule has 5 nitrogen and oxygen atoms in total. The summed E-state index contributed by atoms with van der Waals surface area (Å²) in [7, 11) is 0. The molecule has 0 aliphatic heterocycles. The van der Waals surface area contributed by atoms with Crippen molar-refractivity contribution in [3.8, 4) is 0 Å². The molecule has 0 aliphatic rings. The number of aromatic nitrogens is 1. The van der Waals surface area contributed by atoms with E-state index in [9.17, 15) is 9.59 Å². The predicted octanol–water partition coefficient (Wildman–Crippen LogP) is 1.09. The van der Waals surface area contributed by atoms with E-state index in [1.54, 1.807) is 11.6 Å². The zero-order chi connectivity index (χ0) is 10.6. The quantitative estimate of drug-likeness (QED) is 0.459. The summed E-state index contributed by atoms with van der Waals surface area (Å²) in [5.41, 5.74) is 2.44. The summed E-state index contributed by atoms with van der Waals surface area (Å²) >= 11 is 1.34. The number of hydrogen-bond donors (Lipinski definition) is 1. The van der Waals surface area contributed by atoms with E-state index in [2.05, 4.69) is 15.5 Å². The van der Waals surface area contributed by atoms with Crippen LogP contribution in [0.5, 0.6) is 0 Å². The van der Waals surface area contributed by atoms with Gasteiger partial charge in [-0.3, -0.25) is 15.0 Å². The molecule has 6 heteroatoms. The maximum absolute atomic E-state index is 10.9. The second kappa shape index (κ2) is 4.61. The van der Waals surface area contributed by atoms with Gasteiger partial charge < -0.3 is 0 Å². The Bertz CT molecular complexity index is 354. The first-order valence-corrected chi connectivity index (χ1v) is 4.74. The fourth-order valence-corrected chi connectivity index (χ4v) is 1.26. The van der Waals surface area contributed by atoms with Crippen molar-refractivity contribution in [2.45, 2.75) is 13.8 Å². The minimum absolute atomic E-state index is 0.0970. The molecular weight excluding hydrogens is 202 g/mol. The lowest BCUT2D eigenvalue weighted by Gasteiger charge is -1.97. The number of hydrogen-bond acceptors (Lipinski definition) is 6. The Morgan fingerprint density at radius 1 is 1.43 bits per heavy atom. The molecule has 14 heavy (non-hydrogen) atoms. The van der Waals surface area contributed by atoms with Gasteiger partial charge in [-0.2, -0.15) is 5.10 Å². The zero-order valence-corrected chi connectivity index (χ0v) is 8.59. The van der Waals surface area contributed by atoms with Crippen molar-refractivity contribution in [1.29, 1.82) is 0 Å². The number of rotatable bonds is 4. The zero-order valence-electron chi connectivity index (χ0n) is 7.77. The van der Waals surface area contributed by atoms with Crippen LogP contribution >= 0.6 is 11.3 Å². The third kappa shape index (κ3) is 2.74. The molecule has 1 aromatic heterocycles. The lowest BCUT2D eigenvalue weighted by atomic mass is 10.2. The molecule has 0 atom stereocenters. The number of nitrogens with zero attached hydrogens (tertiary/aromatic N) is 2. The number of anilines is 1. The van der Waals surface area contributed by atoms with Crippen LogP contribution < -0.4 is 5.43 Å². The number of carbonyl (C=O) groups is 2. The summed E-state index contributed by atoms with van der Waals surface area (Å²) in [6, 6.07) is 0. The number of thiazole rings is 1. The molecule has 1 heterocycles. The highest BCUT2D eigenvalue weighted by Crippen LogP contribution is 2.09. The SMILES string of the molecule is CC(=O)C(=NNc1nccs1)C(C)=O. The van der Waals surface area contributed by atoms with Gasteiger partial charge in [0, 0.05) is 25.4 Å². The van der Waals surface area contributed by atoms with Gasteiger partial charge in [0.05, 0.1) is 0 Å². The van der Waals surface area contributed by atoms with Crippen LogP contribution in [0, 0.1) is 0 Å². The van der Waals surface area contributed by atoms with Gasteiger partial charge in [0.25, 0.3) is 0 Å². The first-order chi connectivity index (χ1) is 6.61. The summed E-state index contributed by atoms with van der Waals surface area (Å²) in [5.74, 6) is -0.719. The van der Waals surface area contributed by atoms with Crippen molar-refractivity contribution in [3.63, 3.8) is 0 Å². The van der Waals surface area contributed by atoms with E-state index in [4.69, 9.17) is 0 Å². The highest BCUT2D eigenvalue weighted by molar-refractivity contribution is 7.13. The van der Waals surface area contributed by atoms with Crippen LogP contribution in [0.15, 0.2) is 16.7 Å². The minimum Gasteiger partial charge on any atom is -0.293 e. The molecule has 0 bridgehead atoms. The Kier molecular flexibility index (Phi) is 3.47. The fraction of sp³-hybridized carbons (Fsp3) is 0.250. The van der Waals surface area contributed by atoms with Crippen molar-refractivity contribution >= 4 is 33.7 Å². The van der Waals surface area contributed by atoms with E-state index in [-0.39, 0.29) is 17.3 Å². The molecule has 0 fully saturated rings. The summed E-state index contributed by atoms with van der Waals surface area (Å²) in [4.78, 5) is 25.8. The van der Waals surface area contributed by atoms with E-state index in [0.29, 0.717) is 5.13 Å². The third-order valence-corrected chi connectivity index (χ3v) is 2.04. The number of nitrogens with one attached hydrogen (secondary N) is 1. The van der Waals surface area contributed by atoms with Gasteiger partial charge in [0.2, 0.25) is 5.13 Å². The number of carbonyl (C=O) groups excluding carboxylic acids is 2. The monoisotopic (exact) mass is 211 g/mol. The van der Waals surface area contributed by atoms with Crippen molar-refractivity contribution in [3.05, 3.63) is 11.6 Å². The molecule has 0 radical (unpaired) electrons. The van der Waals surface area contributed by atoms with E-state index in [1.807, 2.05) is 0 Å². The predicted molar refractivity (Wildman–Crippen MR) is 54.5 cm³/mol. The van der Waals surface area contributed by atoms with Gasteiger partial charge in [-0.05, 0) is 0 Å². The largest absolute Gasteiger partial charge is 0.293 e. The Balaban J connectivity index is 2.75. The number of hydrazone groups is 1. The molecular formula is C8H9N3O2S. The molecule has 0 saturated heterocycles. The molecule has 0 spiro atoms. The molecule has 1 N–H and O–H groups in total. The van der Waals surface area contributed by atoms with Gasteiger partial charge in [0.1, 0.15) is 0 Å². The van der Waals surface area contributed by atoms with Crippen LogP contribution in [-0.2, 0) is 9.59 Å². The maximum atomic E-state index is 10.9. The topological polar surface area (TPSA) is 71.4 Å². The highest BCUT2D eigenvalue weighted by Gasteiger charge is 2.11. The smallest absolute Gasteiger partial charge is 0.203 e. The van der Waals surface area contributed by atoms with E-state index < -0.39 is 0 Å². The maximum Gasteiger partial charge on any atom is 0.203 e. The highest BCUT2D eigenvalue weighted by atomic mass is 32.1. The van der Waals surface area contributed by atoms with Gasteiger partial charge in [-0.1, -0.05) is 0 Å². The molecule has 0 amide bonds. The molecule has 0 aliphatic carbocycles. The minimum atomic E-state index is -0.360. The van der Waals surface area contributed by atoms with Crippen molar-refractivity contribution < 1.29 is 9.59 Å². The summed E-state index contributed by atoms with van der Waals surface area (Å²) in [6.45, 7) is 2.59. The Hall–Kier alpha value is -1.56. The lowest BCUT2D eigenvalue weighted by Crippen LogP contribution is -2.20. The molecule has 0 aromatic carbocycles. The second-order valence-corrected chi connectivity index (χ2v) is 3.42. The van der Waals surface area contributed by atoms with E-state index >= 15 is 0 Å². The van der Waals surface area contributed by atoms with Gasteiger partial charge in [-0.15, -0.1) is 11.3 Å². The average Bonchev–Trinajstić information content (AvgIpc) is 2.55. The van der Waals surface area contributed by atoms with Crippen LogP contribution in [0.4, 0.5) is 5.13 Å². The summed E-state index contributed by atoms with van der Waals surface area (Å²) in [5, 5.41) is 5.99. The van der Waals surface area contributed by atoms with Crippen molar-refractivity contribution in [1.82, 2.24) is 4.98 Å². The normalized spacial score (nSPS) is 9.29. The Labute approximate surface area is 84.9 Å². The first kappa shape index (κ1) is 10.5. The van der Waals surface area contributed by atoms with Gasteiger partial charge >= 0.3 is 0 Å². The lowest BCUT2D eigenvalue weighted by molar-refractivity contribution is -0.114. The van der Waals surface area contributed by atoms with Crippen LogP contribution in [0.25, 0.3) is 0 Å². The van der Waals surface area contributed by atoms with Crippen LogP contribution in [0.1, 0.15) is 13.8 Å². The first-order valence-electron chi connectivity index (χ1n) is 3.86.